The van der Waals surface area contributed by atoms with Gasteiger partial charge in [0, 0.05) is 11.8 Å². The number of halogens is 1. The number of hydrogen-bond donors (Lipinski definition) is 2. The quantitative estimate of drug-likeness (QED) is 0.667. The molecule has 0 amide bonds. The smallest absolute Gasteiger partial charge is 0.117 e. The van der Waals surface area contributed by atoms with Crippen LogP contribution >= 0.6 is 0 Å². The number of benzene rings is 1. The Balaban J connectivity index is 2.30. The van der Waals surface area contributed by atoms with Crippen LogP contribution in [0.15, 0.2) is 18.2 Å². The molecular weight excluding hydrogens is 157 g/mol. The molecule has 0 spiro atoms. The van der Waals surface area contributed by atoms with Gasteiger partial charge >= 0.3 is 0 Å². The Morgan fingerprint density at radius 2 is 2.42 bits per heavy atom. The summed E-state index contributed by atoms with van der Waals surface area (Å²) < 4.78 is 12.2. The van der Waals surface area contributed by atoms with E-state index in [9.17, 15) is 4.39 Å². The van der Waals surface area contributed by atoms with Crippen molar-refractivity contribution in [3.8, 4) is 5.75 Å². The van der Waals surface area contributed by atoms with E-state index in [0.29, 0.717) is 6.42 Å². The van der Waals surface area contributed by atoms with Crippen molar-refractivity contribution in [2.45, 2.75) is 12.5 Å². The highest BCUT2D eigenvalue weighted by molar-refractivity contribution is 5.59. The highest BCUT2D eigenvalue weighted by Gasteiger charge is 2.19. The number of phenolic OH excluding ortho intramolecular Hbond substituents is 1. The number of rotatable bonds is 1. The van der Waals surface area contributed by atoms with E-state index < -0.39 is 0 Å². The molecule has 0 fully saturated rings. The molecule has 12 heavy (non-hydrogen) atoms. The van der Waals surface area contributed by atoms with Crippen LogP contribution < -0.4 is 5.32 Å². The van der Waals surface area contributed by atoms with E-state index in [2.05, 4.69) is 5.32 Å². The summed E-state index contributed by atoms with van der Waals surface area (Å²) in [6, 6.07) is 4.97. The Labute approximate surface area is 70.0 Å². The Morgan fingerprint density at radius 3 is 3.17 bits per heavy atom. The number of fused-ring (bicyclic) bond motifs is 1. The third-order valence-corrected chi connectivity index (χ3v) is 2.11. The van der Waals surface area contributed by atoms with Gasteiger partial charge in [0.1, 0.15) is 12.4 Å². The van der Waals surface area contributed by atoms with Crippen LogP contribution in [0.25, 0.3) is 0 Å². The molecule has 2 N–H and O–H groups in total. The molecule has 64 valence electrons. The number of nitrogens with one attached hydrogen (secondary N) is 1. The van der Waals surface area contributed by atoms with Crippen LogP contribution in [0, 0.1) is 0 Å². The molecule has 3 heteroatoms. The minimum Gasteiger partial charge on any atom is -0.508 e. The highest BCUT2D eigenvalue weighted by Crippen LogP contribution is 2.29. The molecule has 0 aromatic heterocycles. The molecule has 0 saturated heterocycles. The fourth-order valence-corrected chi connectivity index (χ4v) is 1.51. The van der Waals surface area contributed by atoms with Crippen molar-refractivity contribution in [3.63, 3.8) is 0 Å². The van der Waals surface area contributed by atoms with E-state index in [1.165, 1.54) is 0 Å². The van der Waals surface area contributed by atoms with Gasteiger partial charge in [-0.15, -0.1) is 0 Å². The van der Waals surface area contributed by atoms with Gasteiger partial charge in [0.2, 0.25) is 0 Å². The van der Waals surface area contributed by atoms with Crippen LogP contribution in [0.2, 0.25) is 0 Å². The Hall–Kier alpha value is -1.25. The van der Waals surface area contributed by atoms with E-state index in [0.717, 1.165) is 11.3 Å². The molecule has 0 aliphatic carbocycles. The summed E-state index contributed by atoms with van der Waals surface area (Å²) in [4.78, 5) is 0. The lowest BCUT2D eigenvalue weighted by Crippen LogP contribution is -2.16. The lowest BCUT2D eigenvalue weighted by Gasteiger charge is -2.03. The summed E-state index contributed by atoms with van der Waals surface area (Å²) in [7, 11) is 0. The molecule has 1 aliphatic rings. The number of alkyl halides is 1. The molecule has 1 heterocycles. The topological polar surface area (TPSA) is 32.3 Å². The van der Waals surface area contributed by atoms with Crippen molar-refractivity contribution in [3.05, 3.63) is 23.8 Å². The molecular formula is C9H10FNO. The zero-order valence-corrected chi connectivity index (χ0v) is 6.55. The van der Waals surface area contributed by atoms with E-state index in [-0.39, 0.29) is 18.5 Å². The van der Waals surface area contributed by atoms with Gasteiger partial charge in [-0.25, -0.2) is 4.39 Å². The van der Waals surface area contributed by atoms with Crippen LogP contribution in [-0.2, 0) is 6.42 Å². The SMILES string of the molecule is Oc1ccc2c(c1)NC(CF)C2. The Kier molecular flexibility index (Phi) is 1.64. The third-order valence-electron chi connectivity index (χ3n) is 2.11. The van der Waals surface area contributed by atoms with Gasteiger partial charge in [0.25, 0.3) is 0 Å². The second-order valence-electron chi connectivity index (χ2n) is 3.04. The van der Waals surface area contributed by atoms with E-state index in [4.69, 9.17) is 5.11 Å². The predicted octanol–water partition coefficient (Wildman–Crippen LogP) is 1.70. The monoisotopic (exact) mass is 167 g/mol. The summed E-state index contributed by atoms with van der Waals surface area (Å²) >= 11 is 0. The molecule has 0 bridgehead atoms. The van der Waals surface area contributed by atoms with Crippen LogP contribution in [0.1, 0.15) is 5.56 Å². The largest absolute Gasteiger partial charge is 0.508 e. The summed E-state index contributed by atoms with van der Waals surface area (Å²) in [5.41, 5.74) is 1.94. The van der Waals surface area contributed by atoms with Crippen molar-refractivity contribution < 1.29 is 9.50 Å². The van der Waals surface area contributed by atoms with Crippen molar-refractivity contribution in [1.29, 1.82) is 0 Å². The molecule has 0 radical (unpaired) electrons. The third kappa shape index (κ3) is 1.11. The maximum Gasteiger partial charge on any atom is 0.117 e. The first-order chi connectivity index (χ1) is 5.79. The number of aromatic hydroxyl groups is 1. The maximum absolute atomic E-state index is 12.2. The predicted molar refractivity (Wildman–Crippen MR) is 45.2 cm³/mol. The second-order valence-corrected chi connectivity index (χ2v) is 3.04. The molecule has 1 aromatic carbocycles. The van der Waals surface area contributed by atoms with Crippen molar-refractivity contribution >= 4 is 5.69 Å². The summed E-state index contributed by atoms with van der Waals surface area (Å²) in [6.07, 6.45) is 0.714. The standard InChI is InChI=1S/C9H10FNO/c10-5-7-3-6-1-2-8(12)4-9(6)11-7/h1-2,4,7,11-12H,3,5H2. The highest BCUT2D eigenvalue weighted by atomic mass is 19.1. The fourth-order valence-electron chi connectivity index (χ4n) is 1.51. The van der Waals surface area contributed by atoms with Gasteiger partial charge in [0.05, 0.1) is 6.04 Å². The first-order valence-corrected chi connectivity index (χ1v) is 3.94. The normalized spacial score (nSPS) is 20.2. The maximum atomic E-state index is 12.2. The number of hydrogen-bond acceptors (Lipinski definition) is 2. The second kappa shape index (κ2) is 2.66. The van der Waals surface area contributed by atoms with Gasteiger partial charge in [-0.2, -0.15) is 0 Å². The van der Waals surface area contributed by atoms with Crippen molar-refractivity contribution in [2.24, 2.45) is 0 Å². The average Bonchev–Trinajstić information content (AvgIpc) is 2.46. The van der Waals surface area contributed by atoms with Crippen LogP contribution in [0.3, 0.4) is 0 Å². The molecule has 1 unspecified atom stereocenters. The lowest BCUT2D eigenvalue weighted by atomic mass is 10.1. The van der Waals surface area contributed by atoms with Gasteiger partial charge in [-0.05, 0) is 18.1 Å². The van der Waals surface area contributed by atoms with Gasteiger partial charge in [0.15, 0.2) is 0 Å². The first-order valence-electron chi connectivity index (χ1n) is 3.94. The summed E-state index contributed by atoms with van der Waals surface area (Å²) in [6.45, 7) is -0.366. The van der Waals surface area contributed by atoms with Crippen LogP contribution in [0.4, 0.5) is 10.1 Å². The molecule has 2 rings (SSSR count). The summed E-state index contributed by atoms with van der Waals surface area (Å²) in [5.74, 6) is 0.223. The molecule has 1 atom stereocenters. The molecule has 1 aliphatic heterocycles. The van der Waals surface area contributed by atoms with Crippen molar-refractivity contribution in [2.75, 3.05) is 12.0 Å². The minimum atomic E-state index is -0.366. The van der Waals surface area contributed by atoms with E-state index in [1.54, 1.807) is 12.1 Å². The molecule has 1 aromatic rings. The van der Waals surface area contributed by atoms with Crippen LogP contribution in [-0.4, -0.2) is 17.8 Å². The van der Waals surface area contributed by atoms with Crippen molar-refractivity contribution in [1.82, 2.24) is 0 Å². The number of anilines is 1. The zero-order chi connectivity index (χ0) is 8.55. The first kappa shape index (κ1) is 7.40. The molecule has 2 nitrogen and oxygen atoms in total. The zero-order valence-electron chi connectivity index (χ0n) is 6.55. The number of phenols is 1. The Morgan fingerprint density at radius 1 is 1.58 bits per heavy atom. The van der Waals surface area contributed by atoms with E-state index >= 15 is 0 Å². The van der Waals surface area contributed by atoms with E-state index in [1.807, 2.05) is 6.07 Å². The Bertz CT molecular complexity index is 301. The summed E-state index contributed by atoms with van der Waals surface area (Å²) in [5, 5.41) is 12.1. The molecule has 0 saturated carbocycles. The van der Waals surface area contributed by atoms with Gasteiger partial charge in [-0.1, -0.05) is 6.07 Å². The average molecular weight is 167 g/mol. The fraction of sp³-hybridized carbons (Fsp3) is 0.333. The van der Waals surface area contributed by atoms with Gasteiger partial charge < -0.3 is 10.4 Å². The van der Waals surface area contributed by atoms with Gasteiger partial charge in [-0.3, -0.25) is 0 Å². The van der Waals surface area contributed by atoms with Crippen LogP contribution in [0.5, 0.6) is 5.75 Å². The minimum absolute atomic E-state index is 0.109. The lowest BCUT2D eigenvalue weighted by molar-refractivity contribution is 0.450.